The van der Waals surface area contributed by atoms with E-state index in [9.17, 15) is 4.79 Å². The second kappa shape index (κ2) is 5.40. The fourth-order valence-electron chi connectivity index (χ4n) is 2.33. The van der Waals surface area contributed by atoms with Crippen LogP contribution >= 0.6 is 0 Å². The molecule has 1 heterocycles. The van der Waals surface area contributed by atoms with Gasteiger partial charge in [0.05, 0.1) is 25.3 Å². The number of carbonyl (C=O) groups excluding carboxylic acids is 1. The van der Waals surface area contributed by atoms with Gasteiger partial charge >= 0.3 is 0 Å². The van der Waals surface area contributed by atoms with Crippen LogP contribution in [-0.4, -0.2) is 29.7 Å². The summed E-state index contributed by atoms with van der Waals surface area (Å²) in [5.74, 6) is 0.809. The molecule has 0 unspecified atom stereocenters. The molecule has 2 aromatic carbocycles. The first-order chi connectivity index (χ1) is 10.6. The number of ether oxygens (including phenoxy) is 2. The van der Waals surface area contributed by atoms with E-state index in [-0.39, 0.29) is 0 Å². The van der Waals surface area contributed by atoms with E-state index < -0.39 is 5.91 Å². The number of hydrogen-bond acceptors (Lipinski definition) is 4. The molecule has 0 bridgehead atoms. The highest BCUT2D eigenvalue weighted by atomic mass is 16.5. The third-order valence-corrected chi connectivity index (χ3v) is 3.48. The fourth-order valence-corrected chi connectivity index (χ4v) is 2.33. The number of imidazole rings is 1. The van der Waals surface area contributed by atoms with Gasteiger partial charge in [-0.3, -0.25) is 9.36 Å². The van der Waals surface area contributed by atoms with Crippen LogP contribution in [0.4, 0.5) is 0 Å². The molecule has 0 atom stereocenters. The van der Waals surface area contributed by atoms with Crippen LogP contribution in [0, 0.1) is 0 Å². The number of aromatic nitrogens is 2. The van der Waals surface area contributed by atoms with E-state index in [1.54, 1.807) is 32.7 Å². The maximum absolute atomic E-state index is 11.1. The zero-order valence-corrected chi connectivity index (χ0v) is 12.2. The van der Waals surface area contributed by atoms with Crippen molar-refractivity contribution in [1.82, 2.24) is 9.55 Å². The van der Waals surface area contributed by atoms with Gasteiger partial charge < -0.3 is 15.2 Å². The van der Waals surface area contributed by atoms with Crippen molar-refractivity contribution in [2.75, 3.05) is 14.2 Å². The summed E-state index contributed by atoms with van der Waals surface area (Å²) in [6, 6.07) is 10.7. The van der Waals surface area contributed by atoms with E-state index in [1.807, 2.05) is 28.8 Å². The smallest absolute Gasteiger partial charge is 0.248 e. The van der Waals surface area contributed by atoms with Crippen molar-refractivity contribution in [2.45, 2.75) is 0 Å². The maximum atomic E-state index is 11.1. The Morgan fingerprint density at radius 1 is 1.09 bits per heavy atom. The Morgan fingerprint density at radius 2 is 1.73 bits per heavy atom. The second-order valence-electron chi connectivity index (χ2n) is 4.72. The molecule has 112 valence electrons. The highest BCUT2D eigenvalue weighted by Crippen LogP contribution is 2.32. The molecular weight excluding hydrogens is 282 g/mol. The summed E-state index contributed by atoms with van der Waals surface area (Å²) in [5.41, 5.74) is 8.26. The third kappa shape index (κ3) is 2.24. The molecule has 2 N–H and O–H groups in total. The Labute approximate surface area is 127 Å². The molecule has 0 saturated carbocycles. The highest BCUT2D eigenvalue weighted by molar-refractivity contribution is 5.93. The Balaban J connectivity index is 2.13. The van der Waals surface area contributed by atoms with Gasteiger partial charge in [-0.15, -0.1) is 0 Å². The van der Waals surface area contributed by atoms with Crippen molar-refractivity contribution in [2.24, 2.45) is 5.73 Å². The molecular formula is C16H15N3O3. The molecule has 0 aliphatic heterocycles. The lowest BCUT2D eigenvalue weighted by molar-refractivity contribution is 0.100. The number of amides is 1. The summed E-state index contributed by atoms with van der Waals surface area (Å²) >= 11 is 0. The molecule has 1 aromatic heterocycles. The van der Waals surface area contributed by atoms with Gasteiger partial charge in [-0.1, -0.05) is 0 Å². The fraction of sp³-hybridized carbons (Fsp3) is 0.125. The number of nitrogens with zero attached hydrogens (tertiary/aromatic N) is 2. The van der Waals surface area contributed by atoms with E-state index in [4.69, 9.17) is 15.2 Å². The van der Waals surface area contributed by atoms with Gasteiger partial charge in [0.1, 0.15) is 6.33 Å². The first-order valence-corrected chi connectivity index (χ1v) is 6.63. The molecule has 6 heteroatoms. The molecule has 0 spiro atoms. The van der Waals surface area contributed by atoms with Crippen LogP contribution in [0.25, 0.3) is 16.7 Å². The minimum Gasteiger partial charge on any atom is -0.493 e. The van der Waals surface area contributed by atoms with Gasteiger partial charge in [0.2, 0.25) is 5.91 Å². The minimum absolute atomic E-state index is 0.451. The van der Waals surface area contributed by atoms with Crippen LogP contribution in [0.15, 0.2) is 42.7 Å². The van der Waals surface area contributed by atoms with Gasteiger partial charge in [-0.2, -0.15) is 0 Å². The molecule has 0 radical (unpaired) electrons. The largest absolute Gasteiger partial charge is 0.493 e. The Hall–Kier alpha value is -3.02. The van der Waals surface area contributed by atoms with Crippen LogP contribution < -0.4 is 15.2 Å². The van der Waals surface area contributed by atoms with Gasteiger partial charge in [0.15, 0.2) is 11.5 Å². The quantitative estimate of drug-likeness (QED) is 0.800. The van der Waals surface area contributed by atoms with Crippen LogP contribution in [0.5, 0.6) is 11.5 Å². The zero-order chi connectivity index (χ0) is 15.7. The zero-order valence-electron chi connectivity index (χ0n) is 12.2. The number of hydrogen-bond donors (Lipinski definition) is 1. The van der Waals surface area contributed by atoms with E-state index in [1.165, 1.54) is 0 Å². The van der Waals surface area contributed by atoms with Crippen LogP contribution in [0.2, 0.25) is 0 Å². The predicted molar refractivity (Wildman–Crippen MR) is 82.7 cm³/mol. The van der Waals surface area contributed by atoms with E-state index in [0.717, 1.165) is 16.7 Å². The number of benzene rings is 2. The number of carbonyl (C=O) groups is 1. The van der Waals surface area contributed by atoms with E-state index >= 15 is 0 Å². The SMILES string of the molecule is COc1cc2ncn(-c3ccc(C(N)=O)cc3)c2cc1OC. The lowest BCUT2D eigenvalue weighted by Gasteiger charge is -2.09. The van der Waals surface area contributed by atoms with E-state index in [0.29, 0.717) is 17.1 Å². The standard InChI is InChI=1S/C16H15N3O3/c1-21-14-7-12-13(8-15(14)22-2)19(9-18-12)11-5-3-10(4-6-11)16(17)20/h3-9H,1-2H3,(H2,17,20). The number of primary amides is 1. The third-order valence-electron chi connectivity index (χ3n) is 3.48. The van der Waals surface area contributed by atoms with Crippen LogP contribution in [0.3, 0.4) is 0 Å². The highest BCUT2D eigenvalue weighted by Gasteiger charge is 2.11. The molecule has 0 saturated heterocycles. The molecule has 0 fully saturated rings. The molecule has 6 nitrogen and oxygen atoms in total. The van der Waals surface area contributed by atoms with Crippen molar-refractivity contribution in [3.8, 4) is 17.2 Å². The summed E-state index contributed by atoms with van der Waals surface area (Å²) in [6.07, 6.45) is 1.71. The minimum atomic E-state index is -0.451. The van der Waals surface area contributed by atoms with Gasteiger partial charge in [0.25, 0.3) is 0 Å². The van der Waals surface area contributed by atoms with E-state index in [2.05, 4.69) is 4.98 Å². The summed E-state index contributed by atoms with van der Waals surface area (Å²) in [6.45, 7) is 0. The predicted octanol–water partition coefficient (Wildman–Crippen LogP) is 2.14. The maximum Gasteiger partial charge on any atom is 0.248 e. The molecule has 1 amide bonds. The summed E-state index contributed by atoms with van der Waals surface area (Å²) in [4.78, 5) is 15.5. The Bertz CT molecular complexity index is 838. The van der Waals surface area contributed by atoms with Gasteiger partial charge in [0, 0.05) is 23.4 Å². The van der Waals surface area contributed by atoms with Crippen molar-refractivity contribution < 1.29 is 14.3 Å². The normalized spacial score (nSPS) is 10.6. The molecule has 3 rings (SSSR count). The Morgan fingerprint density at radius 3 is 2.32 bits per heavy atom. The second-order valence-corrected chi connectivity index (χ2v) is 4.72. The first-order valence-electron chi connectivity index (χ1n) is 6.63. The number of methoxy groups -OCH3 is 2. The van der Waals surface area contributed by atoms with Crippen molar-refractivity contribution >= 4 is 16.9 Å². The lowest BCUT2D eigenvalue weighted by Crippen LogP contribution is -2.10. The number of rotatable bonds is 4. The van der Waals surface area contributed by atoms with Gasteiger partial charge in [-0.05, 0) is 24.3 Å². The first kappa shape index (κ1) is 13.9. The van der Waals surface area contributed by atoms with Crippen molar-refractivity contribution in [3.05, 3.63) is 48.3 Å². The van der Waals surface area contributed by atoms with Crippen LogP contribution in [0.1, 0.15) is 10.4 Å². The van der Waals surface area contributed by atoms with Gasteiger partial charge in [-0.25, -0.2) is 4.98 Å². The van der Waals surface area contributed by atoms with Crippen molar-refractivity contribution in [3.63, 3.8) is 0 Å². The topological polar surface area (TPSA) is 79.4 Å². The molecule has 3 aromatic rings. The molecule has 0 aliphatic rings. The summed E-state index contributed by atoms with van der Waals surface area (Å²) in [7, 11) is 3.18. The summed E-state index contributed by atoms with van der Waals surface area (Å²) < 4.78 is 12.5. The molecule has 22 heavy (non-hydrogen) atoms. The van der Waals surface area contributed by atoms with Crippen molar-refractivity contribution in [1.29, 1.82) is 0 Å². The Kier molecular flexibility index (Phi) is 3.42. The van der Waals surface area contributed by atoms with Crippen LogP contribution in [-0.2, 0) is 0 Å². The number of nitrogens with two attached hydrogens (primary N) is 1. The average molecular weight is 297 g/mol. The number of fused-ring (bicyclic) bond motifs is 1. The molecule has 0 aliphatic carbocycles. The lowest BCUT2D eigenvalue weighted by atomic mass is 10.2. The summed E-state index contributed by atoms with van der Waals surface area (Å²) in [5, 5.41) is 0. The average Bonchev–Trinajstić information content (AvgIpc) is 2.96. The monoisotopic (exact) mass is 297 g/mol.